The average molecular weight is 354 g/mol. The van der Waals surface area contributed by atoms with Gasteiger partial charge in [-0.15, -0.1) is 0 Å². The Kier molecular flexibility index (Phi) is 8.58. The van der Waals surface area contributed by atoms with Gasteiger partial charge < -0.3 is 20.1 Å². The minimum absolute atomic E-state index is 0.188. The fourth-order valence-corrected chi connectivity index (χ4v) is 1.96. The number of aryl methyl sites for hydroxylation is 3. The highest BCUT2D eigenvalue weighted by Crippen LogP contribution is 2.25. The van der Waals surface area contributed by atoms with E-state index in [1.165, 1.54) is 12.7 Å². The molecule has 0 heterocycles. The van der Waals surface area contributed by atoms with Crippen molar-refractivity contribution in [3.05, 3.63) is 83.4 Å². The van der Waals surface area contributed by atoms with Crippen molar-refractivity contribution in [2.24, 2.45) is 0 Å². The molecule has 3 aromatic carbocycles. The smallest absolute Gasteiger partial charge is 0.160 e. The first-order valence-corrected chi connectivity index (χ1v) is 8.16. The van der Waals surface area contributed by atoms with Crippen molar-refractivity contribution in [2.75, 3.05) is 7.11 Å². The van der Waals surface area contributed by atoms with E-state index in [0.29, 0.717) is 17.2 Å². The summed E-state index contributed by atoms with van der Waals surface area (Å²) in [4.78, 5) is 0. The van der Waals surface area contributed by atoms with Crippen LogP contribution in [0.15, 0.2) is 66.7 Å². The molecular formula is C22H26O4. The van der Waals surface area contributed by atoms with Gasteiger partial charge >= 0.3 is 0 Å². The van der Waals surface area contributed by atoms with Crippen LogP contribution in [0, 0.1) is 20.8 Å². The Morgan fingerprint density at radius 1 is 0.615 bits per heavy atom. The van der Waals surface area contributed by atoms with Crippen molar-refractivity contribution in [1.82, 2.24) is 0 Å². The minimum Gasteiger partial charge on any atom is -0.508 e. The van der Waals surface area contributed by atoms with Crippen molar-refractivity contribution < 1.29 is 20.1 Å². The molecule has 0 aromatic heterocycles. The first kappa shape index (κ1) is 20.9. The summed E-state index contributed by atoms with van der Waals surface area (Å²) in [6.07, 6.45) is 0. The van der Waals surface area contributed by atoms with Gasteiger partial charge in [0.1, 0.15) is 11.5 Å². The molecule has 26 heavy (non-hydrogen) atoms. The SMILES string of the molecule is COc1cc(C)ccc1O.Cc1ccc(O)cc1.Cc1cccc(O)c1. The van der Waals surface area contributed by atoms with Crippen molar-refractivity contribution in [1.29, 1.82) is 0 Å². The molecule has 3 N–H and O–H groups in total. The Morgan fingerprint density at radius 3 is 1.62 bits per heavy atom. The van der Waals surface area contributed by atoms with E-state index in [-0.39, 0.29) is 5.75 Å². The molecule has 0 saturated carbocycles. The van der Waals surface area contributed by atoms with E-state index in [4.69, 9.17) is 20.1 Å². The Morgan fingerprint density at radius 2 is 1.19 bits per heavy atom. The molecule has 0 aliphatic rings. The van der Waals surface area contributed by atoms with Gasteiger partial charge in [-0.3, -0.25) is 0 Å². The van der Waals surface area contributed by atoms with Crippen molar-refractivity contribution in [3.63, 3.8) is 0 Å². The third kappa shape index (κ3) is 8.11. The quantitative estimate of drug-likeness (QED) is 0.568. The molecule has 4 nitrogen and oxygen atoms in total. The molecule has 0 atom stereocenters. The van der Waals surface area contributed by atoms with Crippen LogP contribution >= 0.6 is 0 Å². The van der Waals surface area contributed by atoms with E-state index in [2.05, 4.69) is 0 Å². The van der Waals surface area contributed by atoms with Crippen LogP contribution in [0.4, 0.5) is 0 Å². The molecule has 0 unspecified atom stereocenters. The molecule has 0 saturated heterocycles. The van der Waals surface area contributed by atoms with Gasteiger partial charge in [0.05, 0.1) is 7.11 Å². The number of ether oxygens (including phenoxy) is 1. The van der Waals surface area contributed by atoms with Gasteiger partial charge in [0.15, 0.2) is 11.5 Å². The first-order valence-electron chi connectivity index (χ1n) is 8.16. The second-order valence-corrected chi connectivity index (χ2v) is 5.85. The standard InChI is InChI=1S/C8H10O2.2C7H8O/c1-6-3-4-7(9)8(5-6)10-2;1-6-2-4-7(8)5-3-6;1-6-3-2-4-7(8)5-6/h3-5,9H,1-2H3;2*2-5,8H,1H3. The van der Waals surface area contributed by atoms with Crippen LogP contribution in [-0.2, 0) is 0 Å². The topological polar surface area (TPSA) is 69.9 Å². The molecule has 4 heteroatoms. The minimum atomic E-state index is 0.188. The summed E-state index contributed by atoms with van der Waals surface area (Å²) in [6, 6.07) is 19.5. The zero-order valence-corrected chi connectivity index (χ0v) is 15.6. The summed E-state index contributed by atoms with van der Waals surface area (Å²) in [7, 11) is 1.54. The Balaban J connectivity index is 0.000000197. The number of hydrogen-bond acceptors (Lipinski definition) is 4. The van der Waals surface area contributed by atoms with Gasteiger partial charge in [0, 0.05) is 0 Å². The third-order valence-electron chi connectivity index (χ3n) is 3.37. The number of methoxy groups -OCH3 is 1. The summed E-state index contributed by atoms with van der Waals surface area (Å²) >= 11 is 0. The molecule has 0 aliphatic heterocycles. The van der Waals surface area contributed by atoms with Gasteiger partial charge in [0.25, 0.3) is 0 Å². The second kappa shape index (κ2) is 10.7. The van der Waals surface area contributed by atoms with Crippen LogP contribution in [0.5, 0.6) is 23.0 Å². The normalized spacial score (nSPS) is 9.23. The maximum atomic E-state index is 9.11. The van der Waals surface area contributed by atoms with Crippen LogP contribution < -0.4 is 4.74 Å². The summed E-state index contributed by atoms with van der Waals surface area (Å²) in [5.74, 6) is 1.38. The van der Waals surface area contributed by atoms with Crippen LogP contribution in [-0.4, -0.2) is 22.4 Å². The molecule has 3 aromatic rings. The van der Waals surface area contributed by atoms with E-state index >= 15 is 0 Å². The molecule has 0 amide bonds. The van der Waals surface area contributed by atoms with Crippen LogP contribution in [0.25, 0.3) is 0 Å². The van der Waals surface area contributed by atoms with E-state index in [9.17, 15) is 0 Å². The van der Waals surface area contributed by atoms with Gasteiger partial charge in [-0.2, -0.15) is 0 Å². The highest BCUT2D eigenvalue weighted by atomic mass is 16.5. The Bertz CT molecular complexity index is 757. The second-order valence-electron chi connectivity index (χ2n) is 5.85. The van der Waals surface area contributed by atoms with Crippen molar-refractivity contribution in [3.8, 4) is 23.0 Å². The Hall–Kier alpha value is -3.14. The van der Waals surface area contributed by atoms with Gasteiger partial charge in [-0.05, 0) is 68.3 Å². The lowest BCUT2D eigenvalue weighted by molar-refractivity contribution is 0.373. The van der Waals surface area contributed by atoms with Crippen LogP contribution in [0.3, 0.4) is 0 Å². The van der Waals surface area contributed by atoms with E-state index < -0.39 is 0 Å². The average Bonchev–Trinajstić information content (AvgIpc) is 2.60. The fourth-order valence-electron chi connectivity index (χ4n) is 1.96. The van der Waals surface area contributed by atoms with Gasteiger partial charge in [-0.25, -0.2) is 0 Å². The molecular weight excluding hydrogens is 328 g/mol. The number of hydrogen-bond donors (Lipinski definition) is 3. The fraction of sp³-hybridized carbons (Fsp3) is 0.182. The summed E-state index contributed by atoms with van der Waals surface area (Å²) in [6.45, 7) is 5.88. The highest BCUT2D eigenvalue weighted by Gasteiger charge is 1.97. The molecule has 0 fully saturated rings. The predicted octanol–water partition coefficient (Wildman–Crippen LogP) is 5.11. The highest BCUT2D eigenvalue weighted by molar-refractivity contribution is 5.41. The van der Waals surface area contributed by atoms with E-state index in [1.807, 2.05) is 51.1 Å². The largest absolute Gasteiger partial charge is 0.508 e. The third-order valence-corrected chi connectivity index (χ3v) is 3.37. The van der Waals surface area contributed by atoms with Gasteiger partial charge in [-0.1, -0.05) is 35.9 Å². The predicted molar refractivity (Wildman–Crippen MR) is 105 cm³/mol. The molecule has 0 spiro atoms. The molecule has 138 valence electrons. The maximum absolute atomic E-state index is 9.11. The number of phenols is 3. The molecule has 0 aliphatic carbocycles. The summed E-state index contributed by atoms with van der Waals surface area (Å²) < 4.78 is 4.88. The lowest BCUT2D eigenvalue weighted by atomic mass is 10.2. The lowest BCUT2D eigenvalue weighted by Gasteiger charge is -2.02. The van der Waals surface area contributed by atoms with Crippen molar-refractivity contribution >= 4 is 0 Å². The van der Waals surface area contributed by atoms with Crippen LogP contribution in [0.1, 0.15) is 16.7 Å². The van der Waals surface area contributed by atoms with E-state index in [1.54, 1.807) is 36.4 Å². The maximum Gasteiger partial charge on any atom is 0.160 e. The summed E-state index contributed by atoms with van der Waals surface area (Å²) in [5, 5.41) is 26.7. The van der Waals surface area contributed by atoms with Gasteiger partial charge in [0.2, 0.25) is 0 Å². The van der Waals surface area contributed by atoms with Crippen LogP contribution in [0.2, 0.25) is 0 Å². The summed E-state index contributed by atoms with van der Waals surface area (Å²) in [5.41, 5.74) is 3.34. The number of phenolic OH excluding ortho intramolecular Hbond substituents is 3. The molecule has 0 radical (unpaired) electrons. The molecule has 3 rings (SSSR count). The zero-order chi connectivity index (χ0) is 19.5. The number of rotatable bonds is 1. The first-order chi connectivity index (χ1) is 12.3. The zero-order valence-electron chi connectivity index (χ0n) is 15.6. The van der Waals surface area contributed by atoms with Crippen molar-refractivity contribution in [2.45, 2.75) is 20.8 Å². The number of aromatic hydroxyl groups is 3. The Labute approximate surface area is 155 Å². The monoisotopic (exact) mass is 354 g/mol. The molecule has 0 bridgehead atoms. The van der Waals surface area contributed by atoms with E-state index in [0.717, 1.165) is 11.1 Å². The number of benzene rings is 3. The lowest BCUT2D eigenvalue weighted by Crippen LogP contribution is -1.83.